The number of piperidine rings is 1. The lowest BCUT2D eigenvalue weighted by atomic mass is 10.0. The molecule has 1 aromatic carbocycles. The third kappa shape index (κ3) is 6.93. The van der Waals surface area contributed by atoms with Gasteiger partial charge in [-0.25, -0.2) is 4.98 Å². The summed E-state index contributed by atoms with van der Waals surface area (Å²) >= 11 is 3.07. The van der Waals surface area contributed by atoms with Gasteiger partial charge in [-0.05, 0) is 49.1 Å². The van der Waals surface area contributed by atoms with E-state index in [1.807, 2.05) is 17.8 Å². The number of nitrogens with zero attached hydrogens (tertiary/aromatic N) is 6. The highest BCUT2D eigenvalue weighted by molar-refractivity contribution is 7.99. The fraction of sp³-hybridized carbons (Fsp3) is 0.516. The Hall–Kier alpha value is -3.05. The van der Waals surface area contributed by atoms with Crippen molar-refractivity contribution >= 4 is 56.0 Å². The molecule has 0 spiro atoms. The maximum atomic E-state index is 13.0. The van der Waals surface area contributed by atoms with Crippen LogP contribution in [0.5, 0.6) is 0 Å². The molecule has 0 atom stereocenters. The zero-order chi connectivity index (χ0) is 30.8. The zero-order valence-corrected chi connectivity index (χ0v) is 26.6. The summed E-state index contributed by atoms with van der Waals surface area (Å²) in [7, 11) is 1.71. The van der Waals surface area contributed by atoms with Crippen LogP contribution in [0.2, 0.25) is 0 Å². The number of aryl methyl sites for hydroxylation is 1. The lowest BCUT2D eigenvalue weighted by molar-refractivity contribution is -0.126. The van der Waals surface area contributed by atoms with Crippen molar-refractivity contribution in [2.75, 3.05) is 61.9 Å². The van der Waals surface area contributed by atoms with Crippen molar-refractivity contribution in [3.8, 4) is 6.07 Å². The summed E-state index contributed by atoms with van der Waals surface area (Å²) in [5.41, 5.74) is 4.34. The molecule has 0 amide bonds. The molecule has 3 aromatic heterocycles. The van der Waals surface area contributed by atoms with Crippen LogP contribution in [-0.2, 0) is 19.5 Å². The molecule has 4 aromatic rings. The van der Waals surface area contributed by atoms with Gasteiger partial charge >= 0.3 is 6.18 Å². The summed E-state index contributed by atoms with van der Waals surface area (Å²) in [5, 5.41) is 18.1. The van der Waals surface area contributed by atoms with E-state index in [1.165, 1.54) is 22.6 Å². The second kappa shape index (κ2) is 13.1. The number of anilines is 2. The average molecular weight is 643 g/mol. The van der Waals surface area contributed by atoms with Crippen molar-refractivity contribution in [1.29, 1.82) is 5.26 Å². The number of hydrogen-bond acceptors (Lipinski definition) is 9. The number of hydrogen-bond donors (Lipinski definition) is 2. The van der Waals surface area contributed by atoms with E-state index < -0.39 is 12.6 Å². The number of benzene rings is 1. The molecular weight excluding hydrogens is 606 g/mol. The molecule has 2 aliphatic rings. The number of fused-ring (bicyclic) bond motifs is 2. The standard InChI is InChI=1S/C31H37F3N8S2/c1-20-21(3-4-27-25(20)15-23(18-35)42(27)10-9-40-11-13-43-14-12-40)19-41-7-5-22(6-8-41)37-28-26-16-24(17-31(32,33)34)44-29(26)39-30(36-2)38-28/h3-4,15-16,22H,5-14,17,19H2,1-2H3,(H2,36,37,38,39). The van der Waals surface area contributed by atoms with Gasteiger partial charge in [0, 0.05) is 86.2 Å². The fourth-order valence-corrected chi connectivity index (χ4v) is 8.28. The van der Waals surface area contributed by atoms with Crippen LogP contribution in [0.15, 0.2) is 24.3 Å². The molecule has 0 radical (unpaired) electrons. The number of aromatic nitrogens is 3. The SMILES string of the molecule is CNc1nc(NC2CCN(Cc3ccc4c(cc(C#N)n4CCN4CCSCC4)c3C)CC2)c2cc(CC(F)(F)F)sc2n1. The maximum absolute atomic E-state index is 13.0. The first-order valence-electron chi connectivity index (χ1n) is 15.1. The quantitative estimate of drug-likeness (QED) is 0.227. The monoisotopic (exact) mass is 642 g/mol. The zero-order valence-electron chi connectivity index (χ0n) is 25.0. The molecule has 234 valence electrons. The molecule has 0 bridgehead atoms. The van der Waals surface area contributed by atoms with Gasteiger partial charge in [0.2, 0.25) is 5.95 Å². The number of thiophene rings is 1. The Balaban J connectivity index is 1.11. The Kier molecular flexibility index (Phi) is 9.23. The summed E-state index contributed by atoms with van der Waals surface area (Å²) < 4.78 is 41.3. The average Bonchev–Trinajstić information content (AvgIpc) is 3.58. The molecule has 6 rings (SSSR count). The van der Waals surface area contributed by atoms with Crippen LogP contribution in [-0.4, -0.2) is 87.8 Å². The van der Waals surface area contributed by atoms with E-state index in [0.29, 0.717) is 22.0 Å². The van der Waals surface area contributed by atoms with Gasteiger partial charge in [-0.2, -0.15) is 35.2 Å². The second-order valence-electron chi connectivity index (χ2n) is 11.6. The molecular formula is C31H37F3N8S2. The highest BCUT2D eigenvalue weighted by Crippen LogP contribution is 2.35. The summed E-state index contributed by atoms with van der Waals surface area (Å²) in [6.07, 6.45) is -3.44. The number of likely N-dealkylation sites (tertiary alicyclic amines) is 1. The summed E-state index contributed by atoms with van der Waals surface area (Å²) in [6, 6.07) is 10.6. The molecule has 8 nitrogen and oxygen atoms in total. The van der Waals surface area contributed by atoms with Crippen LogP contribution in [0.4, 0.5) is 24.9 Å². The summed E-state index contributed by atoms with van der Waals surface area (Å²) in [4.78, 5) is 14.7. The number of nitrogens with one attached hydrogen (secondary N) is 2. The third-order valence-electron chi connectivity index (χ3n) is 8.69. The van der Waals surface area contributed by atoms with Crippen LogP contribution in [0.1, 0.15) is 34.5 Å². The first-order valence-corrected chi connectivity index (χ1v) is 17.0. The number of alkyl halides is 3. The lowest BCUT2D eigenvalue weighted by Gasteiger charge is -2.33. The second-order valence-corrected chi connectivity index (χ2v) is 13.9. The van der Waals surface area contributed by atoms with Crippen LogP contribution in [0, 0.1) is 18.3 Å². The predicted octanol–water partition coefficient (Wildman–Crippen LogP) is 6.10. The Morgan fingerprint density at radius 3 is 2.50 bits per heavy atom. The Labute approximate surface area is 263 Å². The Morgan fingerprint density at radius 2 is 1.80 bits per heavy atom. The lowest BCUT2D eigenvalue weighted by Crippen LogP contribution is -2.39. The molecule has 5 heterocycles. The van der Waals surface area contributed by atoms with Crippen LogP contribution in [0.3, 0.4) is 0 Å². The molecule has 2 N–H and O–H groups in total. The van der Waals surface area contributed by atoms with Crippen molar-refractivity contribution in [2.45, 2.75) is 51.5 Å². The van der Waals surface area contributed by atoms with Gasteiger partial charge < -0.3 is 15.2 Å². The number of halogens is 3. The molecule has 0 unspecified atom stereocenters. The van der Waals surface area contributed by atoms with Gasteiger partial charge in [0.25, 0.3) is 0 Å². The molecule has 0 saturated carbocycles. The van der Waals surface area contributed by atoms with Gasteiger partial charge in [-0.3, -0.25) is 9.80 Å². The van der Waals surface area contributed by atoms with Gasteiger partial charge in [0.15, 0.2) is 0 Å². The molecule has 2 fully saturated rings. The van der Waals surface area contributed by atoms with Crippen LogP contribution in [0.25, 0.3) is 21.1 Å². The summed E-state index contributed by atoms with van der Waals surface area (Å²) in [5.74, 6) is 3.33. The highest BCUT2D eigenvalue weighted by Gasteiger charge is 2.29. The van der Waals surface area contributed by atoms with Crippen molar-refractivity contribution in [3.63, 3.8) is 0 Å². The van der Waals surface area contributed by atoms with Crippen LogP contribution < -0.4 is 10.6 Å². The molecule has 2 saturated heterocycles. The molecule has 44 heavy (non-hydrogen) atoms. The summed E-state index contributed by atoms with van der Waals surface area (Å²) in [6.45, 7) is 8.78. The first kappa shape index (κ1) is 31.0. The molecule has 13 heteroatoms. The van der Waals surface area contributed by atoms with Gasteiger partial charge in [-0.15, -0.1) is 11.3 Å². The fourth-order valence-electron chi connectivity index (χ4n) is 6.24. The molecule has 2 aliphatic heterocycles. The maximum Gasteiger partial charge on any atom is 0.393 e. The smallest absolute Gasteiger partial charge is 0.367 e. The van der Waals surface area contributed by atoms with Gasteiger partial charge in [0.1, 0.15) is 22.4 Å². The van der Waals surface area contributed by atoms with E-state index in [-0.39, 0.29) is 10.9 Å². The number of nitriles is 1. The van der Waals surface area contributed by atoms with E-state index in [1.54, 1.807) is 13.1 Å². The number of rotatable bonds is 9. The van der Waals surface area contributed by atoms with E-state index in [2.05, 4.69) is 60.1 Å². The first-order chi connectivity index (χ1) is 21.2. The topological polar surface area (TPSA) is 85.0 Å². The third-order valence-corrected chi connectivity index (χ3v) is 10.7. The Bertz CT molecular complexity index is 1660. The van der Waals surface area contributed by atoms with Crippen LogP contribution >= 0.6 is 23.1 Å². The van der Waals surface area contributed by atoms with Gasteiger partial charge in [0.05, 0.1) is 11.8 Å². The number of thioether (sulfide) groups is 1. The highest BCUT2D eigenvalue weighted by atomic mass is 32.2. The van der Waals surface area contributed by atoms with E-state index in [0.717, 1.165) is 86.6 Å². The minimum atomic E-state index is -4.27. The normalized spacial score (nSPS) is 17.4. The largest absolute Gasteiger partial charge is 0.393 e. The predicted molar refractivity (Wildman–Crippen MR) is 174 cm³/mol. The van der Waals surface area contributed by atoms with E-state index >= 15 is 0 Å². The minimum Gasteiger partial charge on any atom is -0.367 e. The Morgan fingerprint density at radius 1 is 1.02 bits per heavy atom. The van der Waals surface area contributed by atoms with E-state index in [9.17, 15) is 18.4 Å². The van der Waals surface area contributed by atoms with E-state index in [4.69, 9.17) is 0 Å². The van der Waals surface area contributed by atoms with Gasteiger partial charge in [-0.1, -0.05) is 6.07 Å². The minimum absolute atomic E-state index is 0.161. The van der Waals surface area contributed by atoms with Crippen molar-refractivity contribution in [2.24, 2.45) is 0 Å². The van der Waals surface area contributed by atoms with Crippen molar-refractivity contribution in [1.82, 2.24) is 24.3 Å². The van der Waals surface area contributed by atoms with Crippen molar-refractivity contribution in [3.05, 3.63) is 46.0 Å². The van der Waals surface area contributed by atoms with Crippen molar-refractivity contribution < 1.29 is 13.2 Å². The molecule has 0 aliphatic carbocycles.